The van der Waals surface area contributed by atoms with Crippen LogP contribution in [0.5, 0.6) is 0 Å². The van der Waals surface area contributed by atoms with E-state index in [0.29, 0.717) is 6.04 Å². The topological polar surface area (TPSA) is 4.93 Å². The Morgan fingerprint density at radius 2 is 2.25 bits per heavy atom. The van der Waals surface area contributed by atoms with E-state index in [4.69, 9.17) is 0 Å². The fourth-order valence-corrected chi connectivity index (χ4v) is 0.622. The first-order valence-electron chi connectivity index (χ1n) is 2.84. The molecule has 0 unspecified atom stereocenters. The Bertz CT molecular complexity index is 139. The monoisotopic (exact) mass is 108 g/mol. The molecule has 8 heavy (non-hydrogen) atoms. The van der Waals surface area contributed by atoms with Gasteiger partial charge in [0, 0.05) is 24.5 Å². The van der Waals surface area contributed by atoms with Crippen molar-refractivity contribution in [2.24, 2.45) is 0 Å². The molecular weight excluding hydrogens is 98.1 g/mol. The number of hydrogen-bond acceptors (Lipinski definition) is 0. The molecule has 0 saturated heterocycles. The summed E-state index contributed by atoms with van der Waals surface area (Å²) in [4.78, 5) is 0. The molecule has 1 heterocycles. The minimum atomic E-state index is 0.571. The summed E-state index contributed by atoms with van der Waals surface area (Å²) in [5, 5.41) is 0. The van der Waals surface area contributed by atoms with Crippen LogP contribution in [0.25, 0.3) is 0 Å². The van der Waals surface area contributed by atoms with E-state index in [1.807, 2.05) is 18.5 Å². The lowest BCUT2D eigenvalue weighted by atomic mass is 10.4. The van der Waals surface area contributed by atoms with Gasteiger partial charge in [-0.1, -0.05) is 0 Å². The quantitative estimate of drug-likeness (QED) is 0.517. The summed E-state index contributed by atoms with van der Waals surface area (Å²) in [6.45, 7) is 4.29. The molecule has 0 atom stereocenters. The van der Waals surface area contributed by atoms with Gasteiger partial charge in [0.25, 0.3) is 0 Å². The highest BCUT2D eigenvalue weighted by atomic mass is 15.0. The summed E-state index contributed by atoms with van der Waals surface area (Å²) < 4.78 is 2.11. The van der Waals surface area contributed by atoms with E-state index in [0.717, 1.165) is 0 Å². The van der Waals surface area contributed by atoms with Gasteiger partial charge in [-0.2, -0.15) is 0 Å². The van der Waals surface area contributed by atoms with E-state index in [1.165, 1.54) is 0 Å². The molecule has 1 aromatic rings. The molecule has 0 saturated carbocycles. The van der Waals surface area contributed by atoms with Crippen LogP contribution in [0.2, 0.25) is 0 Å². The third-order valence-electron chi connectivity index (χ3n) is 1.16. The third-order valence-corrected chi connectivity index (χ3v) is 1.16. The molecule has 43 valence electrons. The predicted molar refractivity (Wildman–Crippen MR) is 33.7 cm³/mol. The van der Waals surface area contributed by atoms with Crippen molar-refractivity contribution in [3.05, 3.63) is 24.5 Å². The normalized spacial score (nSPS) is 10.4. The zero-order valence-corrected chi connectivity index (χ0v) is 5.26. The van der Waals surface area contributed by atoms with Crippen LogP contribution < -0.4 is 0 Å². The Kier molecular flexibility index (Phi) is 1.38. The number of hydrogen-bond donors (Lipinski definition) is 0. The van der Waals surface area contributed by atoms with Gasteiger partial charge in [-0.3, -0.25) is 0 Å². The highest BCUT2D eigenvalue weighted by Crippen LogP contribution is 2.01. The molecule has 0 aromatic carbocycles. The molecular formula is C7H10N. The average molecular weight is 108 g/mol. The SMILES string of the molecule is CC(C)n1c[c]cc1. The molecule has 0 spiro atoms. The standard InChI is InChI=1S/C7H10N/c1-7(2)8-5-3-4-6-8/h3,5-7H,1-2H3. The Balaban J connectivity index is 2.77. The molecule has 0 aliphatic rings. The Hall–Kier alpha value is -0.720. The van der Waals surface area contributed by atoms with Gasteiger partial charge >= 0.3 is 0 Å². The van der Waals surface area contributed by atoms with Gasteiger partial charge < -0.3 is 4.57 Å². The smallest absolute Gasteiger partial charge is 0.0274 e. The number of rotatable bonds is 1. The molecule has 1 nitrogen and oxygen atoms in total. The summed E-state index contributed by atoms with van der Waals surface area (Å²) in [5.41, 5.74) is 0. The first kappa shape index (κ1) is 5.42. The molecule has 0 amide bonds. The fraction of sp³-hybridized carbons (Fsp3) is 0.429. The van der Waals surface area contributed by atoms with Crippen LogP contribution in [0, 0.1) is 6.07 Å². The van der Waals surface area contributed by atoms with Crippen LogP contribution in [0.4, 0.5) is 0 Å². The summed E-state index contributed by atoms with van der Waals surface area (Å²) in [6, 6.07) is 5.46. The van der Waals surface area contributed by atoms with Crippen LogP contribution >= 0.6 is 0 Å². The lowest BCUT2D eigenvalue weighted by Crippen LogP contribution is -1.94. The van der Waals surface area contributed by atoms with E-state index in [9.17, 15) is 0 Å². The van der Waals surface area contributed by atoms with E-state index < -0.39 is 0 Å². The first-order chi connectivity index (χ1) is 3.80. The minimum absolute atomic E-state index is 0.571. The molecule has 0 N–H and O–H groups in total. The summed E-state index contributed by atoms with van der Waals surface area (Å²) in [7, 11) is 0. The second-order valence-electron chi connectivity index (χ2n) is 2.15. The molecule has 0 bridgehead atoms. The van der Waals surface area contributed by atoms with Gasteiger partial charge in [-0.15, -0.1) is 0 Å². The van der Waals surface area contributed by atoms with Crippen molar-refractivity contribution in [1.82, 2.24) is 4.57 Å². The first-order valence-corrected chi connectivity index (χ1v) is 2.84. The van der Waals surface area contributed by atoms with E-state index in [1.54, 1.807) is 0 Å². The van der Waals surface area contributed by atoms with Gasteiger partial charge in [0.2, 0.25) is 0 Å². The average Bonchev–Trinajstić information content (AvgIpc) is 2.12. The van der Waals surface area contributed by atoms with Crippen LogP contribution in [-0.4, -0.2) is 4.57 Å². The molecule has 1 aromatic heterocycles. The van der Waals surface area contributed by atoms with Gasteiger partial charge in [0.05, 0.1) is 0 Å². The van der Waals surface area contributed by atoms with E-state index in [2.05, 4.69) is 24.5 Å². The van der Waals surface area contributed by atoms with Crippen LogP contribution in [0.15, 0.2) is 18.5 Å². The molecule has 0 aliphatic heterocycles. The second-order valence-corrected chi connectivity index (χ2v) is 2.15. The van der Waals surface area contributed by atoms with Gasteiger partial charge in [0.15, 0.2) is 0 Å². The molecule has 0 fully saturated rings. The third kappa shape index (κ3) is 0.915. The van der Waals surface area contributed by atoms with Crippen molar-refractivity contribution in [2.75, 3.05) is 0 Å². The Morgan fingerprint density at radius 3 is 2.50 bits per heavy atom. The second kappa shape index (κ2) is 2.03. The van der Waals surface area contributed by atoms with Crippen molar-refractivity contribution in [1.29, 1.82) is 0 Å². The summed E-state index contributed by atoms with van der Waals surface area (Å²) in [5.74, 6) is 0. The zero-order chi connectivity index (χ0) is 5.98. The molecule has 1 heteroatoms. The van der Waals surface area contributed by atoms with Crippen molar-refractivity contribution < 1.29 is 0 Å². The molecule has 0 aliphatic carbocycles. The maximum Gasteiger partial charge on any atom is 0.0274 e. The van der Waals surface area contributed by atoms with Crippen LogP contribution in [-0.2, 0) is 0 Å². The number of aromatic nitrogens is 1. The fourth-order valence-electron chi connectivity index (χ4n) is 0.622. The van der Waals surface area contributed by atoms with Gasteiger partial charge in [-0.05, 0) is 19.9 Å². The molecule has 1 rings (SSSR count). The number of nitrogens with zero attached hydrogens (tertiary/aromatic N) is 1. The Labute approximate surface area is 49.9 Å². The lowest BCUT2D eigenvalue weighted by Gasteiger charge is -2.03. The van der Waals surface area contributed by atoms with E-state index in [-0.39, 0.29) is 0 Å². The lowest BCUT2D eigenvalue weighted by molar-refractivity contribution is 0.603. The predicted octanol–water partition coefficient (Wildman–Crippen LogP) is 1.87. The molecule has 1 radical (unpaired) electrons. The van der Waals surface area contributed by atoms with Gasteiger partial charge in [-0.25, -0.2) is 0 Å². The van der Waals surface area contributed by atoms with Crippen molar-refractivity contribution >= 4 is 0 Å². The summed E-state index contributed by atoms with van der Waals surface area (Å²) >= 11 is 0. The van der Waals surface area contributed by atoms with E-state index >= 15 is 0 Å². The van der Waals surface area contributed by atoms with Gasteiger partial charge in [0.1, 0.15) is 0 Å². The zero-order valence-electron chi connectivity index (χ0n) is 5.26. The maximum atomic E-state index is 2.97. The van der Waals surface area contributed by atoms with Crippen LogP contribution in [0.3, 0.4) is 0 Å². The van der Waals surface area contributed by atoms with Crippen molar-refractivity contribution in [2.45, 2.75) is 19.9 Å². The maximum absolute atomic E-state index is 2.97. The van der Waals surface area contributed by atoms with Crippen LogP contribution in [0.1, 0.15) is 19.9 Å². The highest BCUT2D eigenvalue weighted by molar-refractivity contribution is 4.89. The van der Waals surface area contributed by atoms with Crippen molar-refractivity contribution in [3.63, 3.8) is 0 Å². The minimum Gasteiger partial charge on any atom is -0.351 e. The summed E-state index contributed by atoms with van der Waals surface area (Å²) in [6.07, 6.45) is 3.97. The van der Waals surface area contributed by atoms with Crippen molar-refractivity contribution in [3.8, 4) is 0 Å². The largest absolute Gasteiger partial charge is 0.351 e. The highest BCUT2D eigenvalue weighted by Gasteiger charge is 1.90. The Morgan fingerprint density at radius 1 is 1.50 bits per heavy atom.